The Morgan fingerprint density at radius 2 is 1.76 bits per heavy atom. The topological polar surface area (TPSA) is 85.9 Å². The number of nitrogens with one attached hydrogen (secondary N) is 2. The number of amides is 1. The highest BCUT2D eigenvalue weighted by Gasteiger charge is 2.48. The molecular weight excluding hydrogens is 521 g/mol. The first-order valence-corrected chi connectivity index (χ1v) is 12.2. The molecule has 3 heterocycles. The molecule has 0 bridgehead atoms. The second-order valence-electron chi connectivity index (χ2n) is 9.25. The molecule has 1 amide bonds. The van der Waals surface area contributed by atoms with Crippen LogP contribution in [0.25, 0.3) is 5.69 Å². The summed E-state index contributed by atoms with van der Waals surface area (Å²) in [6.07, 6.45) is -4.97. The molecule has 0 radical (unpaired) electrons. The summed E-state index contributed by atoms with van der Waals surface area (Å²) in [5.74, 6) is -1.00. The van der Waals surface area contributed by atoms with Crippen LogP contribution in [0.15, 0.2) is 59.4 Å². The number of hydrogen-bond acceptors (Lipinski definition) is 4. The van der Waals surface area contributed by atoms with Gasteiger partial charge < -0.3 is 10.6 Å². The van der Waals surface area contributed by atoms with Gasteiger partial charge in [0.25, 0.3) is 11.5 Å². The van der Waals surface area contributed by atoms with E-state index in [2.05, 4.69) is 15.7 Å². The van der Waals surface area contributed by atoms with E-state index in [0.717, 1.165) is 5.56 Å². The number of carbonyl (C=O) groups is 1. The van der Waals surface area contributed by atoms with Crippen LogP contribution in [-0.4, -0.2) is 31.2 Å². The van der Waals surface area contributed by atoms with E-state index in [1.54, 1.807) is 61.1 Å². The molecule has 38 heavy (non-hydrogen) atoms. The van der Waals surface area contributed by atoms with Crippen molar-refractivity contribution in [2.24, 2.45) is 7.05 Å². The molecule has 0 spiro atoms. The number of rotatable bonds is 4. The van der Waals surface area contributed by atoms with Gasteiger partial charge in [-0.3, -0.25) is 14.3 Å². The molecular formula is C26H24ClF3N6O2. The lowest BCUT2D eigenvalue weighted by Crippen LogP contribution is -2.35. The molecule has 4 aromatic rings. The lowest BCUT2D eigenvalue weighted by Gasteiger charge is -2.33. The van der Waals surface area contributed by atoms with Gasteiger partial charge in [0.05, 0.1) is 17.4 Å². The van der Waals surface area contributed by atoms with Gasteiger partial charge in [-0.2, -0.15) is 18.3 Å². The minimum Gasteiger partial charge on any atom is -0.362 e. The number of benzene rings is 2. The summed E-state index contributed by atoms with van der Waals surface area (Å²) in [7, 11) is 1.66. The van der Waals surface area contributed by atoms with Gasteiger partial charge in [0.15, 0.2) is 11.7 Å². The average Bonchev–Trinajstić information content (AvgIpc) is 3.32. The fraction of sp³-hybridized carbons (Fsp3) is 0.269. The van der Waals surface area contributed by atoms with Gasteiger partial charge in [0.1, 0.15) is 16.5 Å². The standard InChI is InChI=1S/C26H24ClF3N6O2/c1-14-9-11-16(12-10-14)18-13-19(26(28,29)30)35-23(31-18)20(27)22(33-35)24(37)32-21-15(2)34(3)36(25(21)38)17-7-5-4-6-8-17/h4-12,18-19,31H,13H2,1-3H3,(H,32,37). The second-order valence-corrected chi connectivity index (χ2v) is 9.63. The quantitative estimate of drug-likeness (QED) is 0.352. The molecule has 2 atom stereocenters. The van der Waals surface area contributed by atoms with Crippen LogP contribution < -0.4 is 16.2 Å². The number of alkyl halides is 3. The Kier molecular flexibility index (Phi) is 6.34. The minimum atomic E-state index is -4.64. The largest absolute Gasteiger partial charge is 0.410 e. The van der Waals surface area contributed by atoms with Crippen molar-refractivity contribution < 1.29 is 18.0 Å². The number of hydrogen-bond donors (Lipinski definition) is 2. The summed E-state index contributed by atoms with van der Waals surface area (Å²) >= 11 is 6.45. The lowest BCUT2D eigenvalue weighted by atomic mass is 9.96. The molecule has 2 N–H and O–H groups in total. The van der Waals surface area contributed by atoms with Crippen molar-refractivity contribution in [1.29, 1.82) is 0 Å². The highest BCUT2D eigenvalue weighted by atomic mass is 35.5. The number of carbonyl (C=O) groups excluding carboxylic acids is 1. The van der Waals surface area contributed by atoms with E-state index in [0.29, 0.717) is 21.6 Å². The second kappa shape index (κ2) is 9.39. The Morgan fingerprint density at radius 3 is 2.39 bits per heavy atom. The first kappa shape index (κ1) is 25.7. The summed E-state index contributed by atoms with van der Waals surface area (Å²) in [5, 5.41) is 9.23. The van der Waals surface area contributed by atoms with Crippen molar-refractivity contribution in [1.82, 2.24) is 19.1 Å². The SMILES string of the molecule is Cc1ccc(C2CC(C(F)(F)F)n3nc(C(=O)Nc4c(C)n(C)n(-c5ccccc5)c4=O)c(Cl)c3N2)cc1. The van der Waals surface area contributed by atoms with Gasteiger partial charge in [0.2, 0.25) is 0 Å². The maximum absolute atomic E-state index is 14.1. The predicted octanol–water partition coefficient (Wildman–Crippen LogP) is 5.56. The first-order chi connectivity index (χ1) is 18.0. The molecule has 12 heteroatoms. The van der Waals surface area contributed by atoms with Gasteiger partial charge in [-0.25, -0.2) is 9.36 Å². The third-order valence-electron chi connectivity index (χ3n) is 6.78. The van der Waals surface area contributed by atoms with Crippen LogP contribution in [0.1, 0.15) is 45.8 Å². The van der Waals surface area contributed by atoms with Gasteiger partial charge >= 0.3 is 6.18 Å². The van der Waals surface area contributed by atoms with E-state index in [-0.39, 0.29) is 22.9 Å². The molecule has 2 unspecified atom stereocenters. The van der Waals surface area contributed by atoms with Crippen molar-refractivity contribution in [3.63, 3.8) is 0 Å². The summed E-state index contributed by atoms with van der Waals surface area (Å²) in [6.45, 7) is 3.53. The van der Waals surface area contributed by atoms with Crippen LogP contribution in [0.2, 0.25) is 5.02 Å². The maximum atomic E-state index is 14.1. The zero-order valence-electron chi connectivity index (χ0n) is 20.7. The normalized spacial score (nSPS) is 17.1. The average molecular weight is 545 g/mol. The number of fused-ring (bicyclic) bond motifs is 1. The summed E-state index contributed by atoms with van der Waals surface area (Å²) in [4.78, 5) is 26.4. The zero-order chi connectivity index (χ0) is 27.4. The van der Waals surface area contributed by atoms with E-state index in [4.69, 9.17) is 11.6 Å². The fourth-order valence-electron chi connectivity index (χ4n) is 4.64. The Balaban J connectivity index is 1.51. The molecule has 0 aliphatic carbocycles. The minimum absolute atomic E-state index is 0.0266. The van der Waals surface area contributed by atoms with Crippen LogP contribution in [0.3, 0.4) is 0 Å². The van der Waals surface area contributed by atoms with Crippen LogP contribution in [0, 0.1) is 13.8 Å². The van der Waals surface area contributed by atoms with E-state index >= 15 is 0 Å². The lowest BCUT2D eigenvalue weighted by molar-refractivity contribution is -0.173. The summed E-state index contributed by atoms with van der Waals surface area (Å²) in [6, 6.07) is 13.3. The van der Waals surface area contributed by atoms with Gasteiger partial charge in [-0.1, -0.05) is 59.6 Å². The van der Waals surface area contributed by atoms with E-state index in [1.165, 1.54) is 4.68 Å². The van der Waals surface area contributed by atoms with Crippen molar-refractivity contribution in [2.45, 2.75) is 38.5 Å². The van der Waals surface area contributed by atoms with Crippen LogP contribution in [0.4, 0.5) is 24.7 Å². The molecule has 8 nitrogen and oxygen atoms in total. The maximum Gasteiger partial charge on any atom is 0.410 e. The fourth-order valence-corrected chi connectivity index (χ4v) is 4.90. The van der Waals surface area contributed by atoms with Crippen molar-refractivity contribution in [3.05, 3.63) is 92.5 Å². The highest BCUT2D eigenvalue weighted by molar-refractivity contribution is 6.36. The molecule has 0 saturated heterocycles. The number of nitrogens with zero attached hydrogens (tertiary/aromatic N) is 4. The van der Waals surface area contributed by atoms with Crippen LogP contribution in [0.5, 0.6) is 0 Å². The number of anilines is 2. The number of aromatic nitrogens is 4. The highest BCUT2D eigenvalue weighted by Crippen LogP contribution is 2.46. The number of halogens is 4. The van der Waals surface area contributed by atoms with Gasteiger partial charge in [-0.15, -0.1) is 0 Å². The molecule has 198 valence electrons. The Morgan fingerprint density at radius 1 is 1.11 bits per heavy atom. The van der Waals surface area contributed by atoms with E-state index < -0.39 is 35.4 Å². The van der Waals surface area contributed by atoms with Crippen LogP contribution >= 0.6 is 11.6 Å². The molecule has 5 rings (SSSR count). The van der Waals surface area contributed by atoms with Gasteiger partial charge in [-0.05, 0) is 31.5 Å². The molecule has 1 aliphatic heterocycles. The van der Waals surface area contributed by atoms with Crippen LogP contribution in [-0.2, 0) is 7.05 Å². The Bertz CT molecular complexity index is 1570. The molecule has 2 aromatic carbocycles. The van der Waals surface area contributed by atoms with Crippen molar-refractivity contribution in [2.75, 3.05) is 10.6 Å². The Hall–Kier alpha value is -3.99. The summed E-state index contributed by atoms with van der Waals surface area (Å²) < 4.78 is 45.9. The molecule has 1 aliphatic rings. The zero-order valence-corrected chi connectivity index (χ0v) is 21.4. The third kappa shape index (κ3) is 4.36. The number of aryl methyl sites for hydroxylation is 1. The molecule has 0 fully saturated rings. The smallest absolute Gasteiger partial charge is 0.362 e. The van der Waals surface area contributed by atoms with E-state index in [9.17, 15) is 22.8 Å². The van der Waals surface area contributed by atoms with Crippen molar-refractivity contribution >= 4 is 29.0 Å². The Labute approximate surface area is 220 Å². The summed E-state index contributed by atoms with van der Waals surface area (Å²) in [5.41, 5.74) is 1.71. The van der Waals surface area contributed by atoms with Crippen molar-refractivity contribution in [3.8, 4) is 5.69 Å². The third-order valence-corrected chi connectivity index (χ3v) is 7.14. The molecule has 0 saturated carbocycles. The molecule has 2 aromatic heterocycles. The number of para-hydroxylation sites is 1. The van der Waals surface area contributed by atoms with E-state index in [1.807, 2.05) is 19.1 Å². The first-order valence-electron chi connectivity index (χ1n) is 11.8. The monoisotopic (exact) mass is 544 g/mol. The van der Waals surface area contributed by atoms with Gasteiger partial charge in [0, 0.05) is 13.5 Å². The predicted molar refractivity (Wildman–Crippen MR) is 138 cm³/mol.